The average Bonchev–Trinajstić information content (AvgIpc) is 3.20. The van der Waals surface area contributed by atoms with Gasteiger partial charge in [-0.15, -0.1) is 5.48 Å². The summed E-state index contributed by atoms with van der Waals surface area (Å²) in [5.41, 5.74) is 3.91. The van der Waals surface area contributed by atoms with Gasteiger partial charge in [-0.25, -0.2) is 9.98 Å². The van der Waals surface area contributed by atoms with Crippen LogP contribution in [0.1, 0.15) is 19.5 Å². The topological polar surface area (TPSA) is 72.9 Å². The lowest BCUT2D eigenvalue weighted by atomic mass is 9.94. The van der Waals surface area contributed by atoms with Gasteiger partial charge in [0.05, 0.1) is 15.9 Å². The number of aromatic nitrogens is 3. The molecule has 24 heavy (non-hydrogen) atoms. The lowest BCUT2D eigenvalue weighted by Crippen LogP contribution is -2.42. The van der Waals surface area contributed by atoms with Crippen LogP contribution in [-0.2, 0) is 17.5 Å². The molecule has 1 atom stereocenters. The summed E-state index contributed by atoms with van der Waals surface area (Å²) in [6.07, 6.45) is 3.05. The summed E-state index contributed by atoms with van der Waals surface area (Å²) in [5, 5.41) is 0.889. The number of rotatable bonds is 2. The highest BCUT2D eigenvalue weighted by molar-refractivity contribution is 6.35. The number of fused-ring (bicyclic) bond motifs is 3. The van der Waals surface area contributed by atoms with Gasteiger partial charge in [-0.05, 0) is 12.1 Å². The number of benzene rings is 1. The normalized spacial score (nSPS) is 20.4. The third kappa shape index (κ3) is 1.79. The molecule has 7 nitrogen and oxygen atoms in total. The lowest BCUT2D eigenvalue weighted by Gasteiger charge is -2.27. The Morgan fingerprint density at radius 1 is 1.38 bits per heavy atom. The maximum atomic E-state index is 12.8. The molecule has 1 aliphatic rings. The Labute approximate surface area is 142 Å². The second-order valence-electron chi connectivity index (χ2n) is 6.16. The molecule has 1 N–H and O–H groups in total. The van der Waals surface area contributed by atoms with E-state index in [9.17, 15) is 4.79 Å². The predicted octanol–water partition coefficient (Wildman–Crippen LogP) is 2.21. The van der Waals surface area contributed by atoms with E-state index >= 15 is 0 Å². The minimum absolute atomic E-state index is 0.0557. The van der Waals surface area contributed by atoms with Crippen LogP contribution in [0.25, 0.3) is 16.6 Å². The van der Waals surface area contributed by atoms with Crippen molar-refractivity contribution in [3.63, 3.8) is 0 Å². The quantitative estimate of drug-likeness (QED) is 0.773. The molecule has 3 heterocycles. The number of nitrogens with one attached hydrogen (secondary N) is 1. The van der Waals surface area contributed by atoms with Crippen LogP contribution in [-0.4, -0.2) is 20.4 Å². The molecular weight excluding hydrogens is 330 g/mol. The van der Waals surface area contributed by atoms with Crippen molar-refractivity contribution < 1.29 is 4.84 Å². The number of aryl methyl sites for hydroxylation is 1. The third-order valence-corrected chi connectivity index (χ3v) is 4.86. The minimum Gasteiger partial charge on any atom is -0.394 e. The molecule has 3 aromatic rings. The van der Waals surface area contributed by atoms with Gasteiger partial charge in [-0.2, -0.15) is 0 Å². The van der Waals surface area contributed by atoms with Crippen molar-refractivity contribution in [1.82, 2.24) is 19.4 Å². The molecule has 0 bridgehead atoms. The van der Waals surface area contributed by atoms with Crippen LogP contribution in [0, 0.1) is 5.92 Å². The van der Waals surface area contributed by atoms with Crippen molar-refractivity contribution in [1.29, 1.82) is 0 Å². The Hall–Kier alpha value is -2.38. The second-order valence-corrected chi connectivity index (χ2v) is 6.57. The first-order valence-electron chi connectivity index (χ1n) is 7.58. The van der Waals surface area contributed by atoms with Crippen LogP contribution < -0.4 is 11.0 Å². The summed E-state index contributed by atoms with van der Waals surface area (Å²) in [5.74, 6) is 0.0557. The Morgan fingerprint density at radius 3 is 2.83 bits per heavy atom. The molecule has 0 aliphatic carbocycles. The molecule has 0 saturated heterocycles. The lowest BCUT2D eigenvalue weighted by molar-refractivity contribution is 0.0870. The van der Waals surface area contributed by atoms with Crippen molar-refractivity contribution in [2.45, 2.75) is 19.5 Å². The zero-order valence-electron chi connectivity index (χ0n) is 13.4. The number of nitrogens with zero attached hydrogens (tertiary/aromatic N) is 4. The van der Waals surface area contributed by atoms with E-state index in [0.29, 0.717) is 27.3 Å². The van der Waals surface area contributed by atoms with E-state index in [4.69, 9.17) is 16.4 Å². The van der Waals surface area contributed by atoms with E-state index in [0.717, 1.165) is 0 Å². The van der Waals surface area contributed by atoms with Gasteiger partial charge in [-0.3, -0.25) is 13.8 Å². The maximum absolute atomic E-state index is 12.8. The summed E-state index contributed by atoms with van der Waals surface area (Å²) >= 11 is 6.24. The molecule has 0 fully saturated rings. The van der Waals surface area contributed by atoms with Gasteiger partial charge in [0.2, 0.25) is 0 Å². The fourth-order valence-electron chi connectivity index (χ4n) is 3.20. The van der Waals surface area contributed by atoms with E-state index in [1.165, 1.54) is 6.40 Å². The molecule has 1 aliphatic heterocycles. The van der Waals surface area contributed by atoms with Gasteiger partial charge in [0.25, 0.3) is 5.56 Å². The summed E-state index contributed by atoms with van der Waals surface area (Å²) in [6.45, 7) is 4.03. The highest BCUT2D eigenvalue weighted by atomic mass is 35.5. The molecule has 1 aromatic carbocycles. The number of hydrogen-bond donors (Lipinski definition) is 1. The third-order valence-electron chi connectivity index (χ3n) is 4.55. The number of imidazole rings is 1. The minimum atomic E-state index is -0.842. The van der Waals surface area contributed by atoms with Gasteiger partial charge < -0.3 is 4.84 Å². The Kier molecular flexibility index (Phi) is 3.20. The first-order valence-corrected chi connectivity index (χ1v) is 7.96. The number of halogens is 1. The number of hydroxylamine groups is 1. The molecule has 124 valence electrons. The summed E-state index contributed by atoms with van der Waals surface area (Å²) in [6, 6.07) is 5.38. The molecule has 0 amide bonds. The molecular formula is C16H16ClN5O2. The highest BCUT2D eigenvalue weighted by Crippen LogP contribution is 2.35. The smallest absolute Gasteiger partial charge is 0.262 e. The summed E-state index contributed by atoms with van der Waals surface area (Å²) < 4.78 is 3.41. The van der Waals surface area contributed by atoms with Crippen molar-refractivity contribution >= 4 is 34.6 Å². The van der Waals surface area contributed by atoms with E-state index in [-0.39, 0.29) is 11.5 Å². The average molecular weight is 346 g/mol. The first kappa shape index (κ1) is 15.2. The van der Waals surface area contributed by atoms with E-state index in [1.807, 2.05) is 30.4 Å². The number of aliphatic imine (C=N–C) groups is 1. The highest BCUT2D eigenvalue weighted by Gasteiger charge is 2.43. The summed E-state index contributed by atoms with van der Waals surface area (Å²) in [4.78, 5) is 27.0. The van der Waals surface area contributed by atoms with Gasteiger partial charge in [0.1, 0.15) is 17.7 Å². The molecule has 1 unspecified atom stereocenters. The van der Waals surface area contributed by atoms with Gasteiger partial charge in [0.15, 0.2) is 12.1 Å². The van der Waals surface area contributed by atoms with Crippen molar-refractivity contribution in [2.75, 3.05) is 0 Å². The van der Waals surface area contributed by atoms with Gasteiger partial charge >= 0.3 is 0 Å². The summed E-state index contributed by atoms with van der Waals surface area (Å²) in [7, 11) is 1.71. The van der Waals surface area contributed by atoms with E-state index < -0.39 is 5.66 Å². The standard InChI is InChI=1S/C16H16ClN5O2/c1-9(2)16(19-8-24-20-16)13-14-21(3)15(23)12-10(17)5-4-6-11(12)22(14)7-18-13/h4-9,20H,1-3H3. The zero-order valence-corrected chi connectivity index (χ0v) is 14.2. The van der Waals surface area contributed by atoms with E-state index in [1.54, 1.807) is 24.0 Å². The van der Waals surface area contributed by atoms with Gasteiger partial charge in [0, 0.05) is 13.0 Å². The van der Waals surface area contributed by atoms with Crippen molar-refractivity contribution in [3.8, 4) is 0 Å². The fourth-order valence-corrected chi connectivity index (χ4v) is 3.45. The van der Waals surface area contributed by atoms with Gasteiger partial charge in [-0.1, -0.05) is 31.5 Å². The Balaban J connectivity index is 2.17. The molecule has 0 saturated carbocycles. The largest absolute Gasteiger partial charge is 0.394 e. The fraction of sp³-hybridized carbons (Fsp3) is 0.312. The van der Waals surface area contributed by atoms with Crippen LogP contribution >= 0.6 is 11.6 Å². The second kappa shape index (κ2) is 5.06. The molecule has 2 aromatic heterocycles. The SMILES string of the molecule is CC(C)C1(c2ncn3c4cccc(Cl)c4c(=O)n(C)c23)N=CON1. The van der Waals surface area contributed by atoms with Crippen molar-refractivity contribution in [3.05, 3.63) is 45.6 Å². The van der Waals surface area contributed by atoms with Crippen LogP contribution in [0.5, 0.6) is 0 Å². The zero-order chi connectivity index (χ0) is 17.1. The predicted molar refractivity (Wildman–Crippen MR) is 92.2 cm³/mol. The molecule has 4 rings (SSSR count). The first-order chi connectivity index (χ1) is 11.5. The van der Waals surface area contributed by atoms with Crippen molar-refractivity contribution in [2.24, 2.45) is 18.0 Å². The molecule has 0 spiro atoms. The maximum Gasteiger partial charge on any atom is 0.262 e. The Bertz CT molecular complexity index is 1050. The van der Waals surface area contributed by atoms with E-state index in [2.05, 4.69) is 15.5 Å². The Morgan fingerprint density at radius 2 is 2.17 bits per heavy atom. The van der Waals surface area contributed by atoms with Crippen LogP contribution in [0.3, 0.4) is 0 Å². The molecule has 8 heteroatoms. The van der Waals surface area contributed by atoms with Crippen LogP contribution in [0.15, 0.2) is 34.3 Å². The van der Waals surface area contributed by atoms with Crippen LogP contribution in [0.4, 0.5) is 0 Å². The number of hydrogen-bond acceptors (Lipinski definition) is 5. The van der Waals surface area contributed by atoms with Crippen LogP contribution in [0.2, 0.25) is 5.02 Å². The monoisotopic (exact) mass is 345 g/mol. The molecule has 0 radical (unpaired) electrons.